The Morgan fingerprint density at radius 3 is 2.42 bits per heavy atom. The van der Waals surface area contributed by atoms with Gasteiger partial charge >= 0.3 is 0 Å². The Morgan fingerprint density at radius 2 is 1.79 bits per heavy atom. The molecule has 19 heavy (non-hydrogen) atoms. The fourth-order valence-electron chi connectivity index (χ4n) is 1.96. The Kier molecular flexibility index (Phi) is 3.78. The first kappa shape index (κ1) is 13.8. The topological polar surface area (TPSA) is 63.6 Å². The third-order valence-corrected chi connectivity index (χ3v) is 3.84. The summed E-state index contributed by atoms with van der Waals surface area (Å²) in [5.74, 6) is 0.492. The van der Waals surface area contributed by atoms with E-state index in [1.165, 1.54) is 0 Å². The van der Waals surface area contributed by atoms with Crippen molar-refractivity contribution in [2.75, 3.05) is 19.1 Å². The second kappa shape index (κ2) is 5.19. The summed E-state index contributed by atoms with van der Waals surface area (Å²) < 4.78 is 27.5. The molecule has 1 unspecified atom stereocenters. The molecule has 0 bridgehead atoms. The lowest BCUT2D eigenvalue weighted by molar-refractivity contribution is 0.202. The molecule has 1 N–H and O–H groups in total. The van der Waals surface area contributed by atoms with Gasteiger partial charge in [0.15, 0.2) is 0 Å². The molecule has 0 spiro atoms. The monoisotopic (exact) mass is 280 g/mol. The highest BCUT2D eigenvalue weighted by Gasteiger charge is 2.14. The summed E-state index contributed by atoms with van der Waals surface area (Å²) >= 11 is 0. The van der Waals surface area contributed by atoms with Gasteiger partial charge in [-0.1, -0.05) is 18.2 Å². The average molecular weight is 280 g/mol. The van der Waals surface area contributed by atoms with Gasteiger partial charge in [-0.25, -0.2) is 8.42 Å². The van der Waals surface area contributed by atoms with Crippen molar-refractivity contribution in [3.05, 3.63) is 42.0 Å². The molecule has 102 valence electrons. The van der Waals surface area contributed by atoms with E-state index in [9.17, 15) is 13.5 Å². The summed E-state index contributed by atoms with van der Waals surface area (Å²) in [5.41, 5.74) is 0.600. The summed E-state index contributed by atoms with van der Waals surface area (Å²) in [4.78, 5) is 0. The number of benzene rings is 2. The Labute approximate surface area is 112 Å². The van der Waals surface area contributed by atoms with Gasteiger partial charge in [0, 0.05) is 6.26 Å². The van der Waals surface area contributed by atoms with Crippen LogP contribution in [0.1, 0.15) is 11.7 Å². The van der Waals surface area contributed by atoms with Crippen molar-refractivity contribution in [1.82, 2.24) is 0 Å². The second-order valence-electron chi connectivity index (χ2n) is 4.58. The maximum absolute atomic E-state index is 11.2. The van der Waals surface area contributed by atoms with Crippen LogP contribution in [0.3, 0.4) is 0 Å². The fourth-order valence-corrected chi connectivity index (χ4v) is 2.73. The molecule has 2 rings (SSSR count). The highest BCUT2D eigenvalue weighted by molar-refractivity contribution is 7.90. The Hall–Kier alpha value is -1.59. The van der Waals surface area contributed by atoms with Crippen LogP contribution < -0.4 is 4.74 Å². The molecule has 5 heteroatoms. The van der Waals surface area contributed by atoms with E-state index in [0.717, 1.165) is 22.8 Å². The van der Waals surface area contributed by atoms with Crippen molar-refractivity contribution in [2.45, 2.75) is 6.10 Å². The third-order valence-electron chi connectivity index (χ3n) is 2.92. The smallest absolute Gasteiger partial charge is 0.150 e. The number of sulfone groups is 1. The van der Waals surface area contributed by atoms with Crippen molar-refractivity contribution in [3.63, 3.8) is 0 Å². The number of hydrogen-bond acceptors (Lipinski definition) is 4. The first-order valence-corrected chi connectivity index (χ1v) is 7.88. The Bertz CT molecular complexity index is 692. The van der Waals surface area contributed by atoms with Gasteiger partial charge in [0.2, 0.25) is 0 Å². The van der Waals surface area contributed by atoms with Crippen molar-refractivity contribution >= 4 is 20.6 Å². The van der Waals surface area contributed by atoms with Gasteiger partial charge in [0.25, 0.3) is 0 Å². The first-order chi connectivity index (χ1) is 8.89. The van der Waals surface area contributed by atoms with Gasteiger partial charge in [0.05, 0.1) is 19.0 Å². The van der Waals surface area contributed by atoms with E-state index in [-0.39, 0.29) is 5.75 Å². The molecule has 0 radical (unpaired) electrons. The summed E-state index contributed by atoms with van der Waals surface area (Å²) in [6.07, 6.45) is 0.115. The zero-order chi connectivity index (χ0) is 14.0. The van der Waals surface area contributed by atoms with Gasteiger partial charge in [-0.15, -0.1) is 0 Å². The number of methoxy groups -OCH3 is 1. The standard InChI is InChI=1S/C14H16O4S/c1-18-13-6-5-10-7-12(4-3-11(10)8-13)14(15)9-19(2,16)17/h3-8,14-15H,9H2,1-2H3. The van der Waals surface area contributed by atoms with Crippen molar-refractivity contribution < 1.29 is 18.3 Å². The van der Waals surface area contributed by atoms with Gasteiger partial charge < -0.3 is 9.84 Å². The molecule has 0 heterocycles. The number of ether oxygens (including phenoxy) is 1. The predicted molar refractivity (Wildman–Crippen MR) is 75.2 cm³/mol. The van der Waals surface area contributed by atoms with E-state index in [2.05, 4.69) is 0 Å². The van der Waals surface area contributed by atoms with E-state index in [1.54, 1.807) is 19.2 Å². The Morgan fingerprint density at radius 1 is 1.16 bits per heavy atom. The third kappa shape index (κ3) is 3.45. The van der Waals surface area contributed by atoms with E-state index in [1.807, 2.05) is 24.3 Å². The zero-order valence-corrected chi connectivity index (χ0v) is 11.6. The molecule has 2 aromatic carbocycles. The first-order valence-electron chi connectivity index (χ1n) is 5.82. The van der Waals surface area contributed by atoms with E-state index < -0.39 is 15.9 Å². The lowest BCUT2D eigenvalue weighted by Gasteiger charge is -2.11. The number of fused-ring (bicyclic) bond motifs is 1. The molecule has 0 saturated carbocycles. The van der Waals surface area contributed by atoms with Gasteiger partial charge in [-0.3, -0.25) is 0 Å². The quantitative estimate of drug-likeness (QED) is 0.929. The number of hydrogen-bond donors (Lipinski definition) is 1. The molecule has 0 fully saturated rings. The molecule has 0 aliphatic heterocycles. The summed E-state index contributed by atoms with van der Waals surface area (Å²) in [5, 5.41) is 11.8. The number of aliphatic hydroxyl groups is 1. The second-order valence-corrected chi connectivity index (χ2v) is 6.77. The normalized spacial score (nSPS) is 13.4. The maximum Gasteiger partial charge on any atom is 0.150 e. The van der Waals surface area contributed by atoms with Crippen LogP contribution in [0.4, 0.5) is 0 Å². The maximum atomic E-state index is 11.2. The highest BCUT2D eigenvalue weighted by atomic mass is 32.2. The number of rotatable bonds is 4. The largest absolute Gasteiger partial charge is 0.497 e. The molecule has 0 aromatic heterocycles. The molecule has 2 aromatic rings. The van der Waals surface area contributed by atoms with Gasteiger partial charge in [-0.2, -0.15) is 0 Å². The Balaban J connectivity index is 2.36. The molecule has 0 amide bonds. The summed E-state index contributed by atoms with van der Waals surface area (Å²) in [6.45, 7) is 0. The molecule has 0 aliphatic carbocycles. The minimum absolute atomic E-state index is 0.269. The van der Waals surface area contributed by atoms with Crippen LogP contribution in [-0.4, -0.2) is 32.6 Å². The molecule has 4 nitrogen and oxygen atoms in total. The van der Waals surface area contributed by atoms with Crippen LogP contribution in [0.15, 0.2) is 36.4 Å². The number of aliphatic hydroxyl groups excluding tert-OH is 1. The molecule has 0 aliphatic rings. The highest BCUT2D eigenvalue weighted by Crippen LogP contribution is 2.24. The van der Waals surface area contributed by atoms with Crippen LogP contribution in [0.25, 0.3) is 10.8 Å². The minimum atomic E-state index is -3.21. The lowest BCUT2D eigenvalue weighted by Crippen LogP contribution is -2.12. The summed E-state index contributed by atoms with van der Waals surface area (Å²) in [7, 11) is -1.60. The molecule has 0 saturated heterocycles. The van der Waals surface area contributed by atoms with Gasteiger partial charge in [-0.05, 0) is 34.5 Å². The van der Waals surface area contributed by atoms with Crippen LogP contribution in [-0.2, 0) is 9.84 Å². The summed E-state index contributed by atoms with van der Waals surface area (Å²) in [6, 6.07) is 11.0. The lowest BCUT2D eigenvalue weighted by atomic mass is 10.0. The van der Waals surface area contributed by atoms with Crippen molar-refractivity contribution in [1.29, 1.82) is 0 Å². The van der Waals surface area contributed by atoms with Crippen molar-refractivity contribution in [2.24, 2.45) is 0 Å². The predicted octanol–water partition coefficient (Wildman–Crippen LogP) is 1.93. The van der Waals surface area contributed by atoms with Crippen LogP contribution >= 0.6 is 0 Å². The van der Waals surface area contributed by atoms with Crippen molar-refractivity contribution in [3.8, 4) is 5.75 Å². The van der Waals surface area contributed by atoms with E-state index in [0.29, 0.717) is 5.56 Å². The van der Waals surface area contributed by atoms with Crippen LogP contribution in [0.5, 0.6) is 5.75 Å². The van der Waals surface area contributed by atoms with E-state index >= 15 is 0 Å². The molecular formula is C14H16O4S. The molecular weight excluding hydrogens is 264 g/mol. The van der Waals surface area contributed by atoms with E-state index in [4.69, 9.17) is 4.74 Å². The van der Waals surface area contributed by atoms with Crippen LogP contribution in [0, 0.1) is 0 Å². The fraction of sp³-hybridized carbons (Fsp3) is 0.286. The van der Waals surface area contributed by atoms with Crippen LogP contribution in [0.2, 0.25) is 0 Å². The zero-order valence-electron chi connectivity index (χ0n) is 10.8. The minimum Gasteiger partial charge on any atom is -0.497 e. The molecule has 1 atom stereocenters. The van der Waals surface area contributed by atoms with Gasteiger partial charge in [0.1, 0.15) is 15.6 Å². The average Bonchev–Trinajstić information content (AvgIpc) is 2.35. The SMILES string of the molecule is COc1ccc2cc(C(O)CS(C)(=O)=O)ccc2c1.